The summed E-state index contributed by atoms with van der Waals surface area (Å²) in [6.45, 7) is 26.2. The van der Waals surface area contributed by atoms with Gasteiger partial charge in [-0.3, -0.25) is 19.2 Å². The van der Waals surface area contributed by atoms with Gasteiger partial charge < -0.3 is 25.2 Å². The van der Waals surface area contributed by atoms with Crippen molar-refractivity contribution in [2.24, 2.45) is 33.9 Å². The minimum absolute atomic E-state index is 0. The van der Waals surface area contributed by atoms with E-state index >= 15 is 0 Å². The summed E-state index contributed by atoms with van der Waals surface area (Å²) in [5.41, 5.74) is 6.71. The van der Waals surface area contributed by atoms with Gasteiger partial charge >= 0.3 is 0 Å². The number of nitrogens with one attached hydrogen (secondary N) is 2. The van der Waals surface area contributed by atoms with E-state index in [0.29, 0.717) is 6.47 Å². The van der Waals surface area contributed by atoms with Gasteiger partial charge in [-0.15, -0.1) is 0 Å². The van der Waals surface area contributed by atoms with Crippen LogP contribution < -0.4 is 15.4 Å². The second-order valence-electron chi connectivity index (χ2n) is 14.2. The van der Waals surface area contributed by atoms with Crippen molar-refractivity contribution in [1.82, 2.24) is 10.6 Å². The number of methoxy groups -OCH3 is 1. The van der Waals surface area contributed by atoms with E-state index in [0.717, 1.165) is 53.5 Å². The summed E-state index contributed by atoms with van der Waals surface area (Å²) < 4.78 is 9.55. The summed E-state index contributed by atoms with van der Waals surface area (Å²) in [5.74, 6) is 4.87. The summed E-state index contributed by atoms with van der Waals surface area (Å²) in [6, 6.07) is 32.1. The average molecular weight is 1220 g/mol. The molecule has 4 radical (unpaired) electrons. The normalized spacial score (nSPS) is 14.0. The largest absolute Gasteiger partial charge is 0.481 e. The number of carbonyl (C=O) groups excluding carboxylic acids is 3. The Balaban J connectivity index is -0.000000104. The van der Waals surface area contributed by atoms with E-state index in [1.165, 1.54) is 56.1 Å². The smallest absolute Gasteiger partial charge is 0.300 e. The predicted molar refractivity (Wildman–Crippen MR) is 259 cm³/mol. The van der Waals surface area contributed by atoms with E-state index in [9.17, 15) is 9.59 Å². The molecule has 4 aromatic rings. The number of carboxylic acids is 1. The molecule has 1 aliphatic rings. The number of amides is 2. The summed E-state index contributed by atoms with van der Waals surface area (Å²) in [4.78, 5) is 37.4. The molecule has 4 atom stereocenters. The quantitative estimate of drug-likeness (QED) is 0.128. The molecule has 0 aromatic heterocycles. The van der Waals surface area contributed by atoms with Gasteiger partial charge in [-0.05, 0) is 106 Å². The third-order valence-corrected chi connectivity index (χ3v) is 8.95. The van der Waals surface area contributed by atoms with Crippen molar-refractivity contribution in [2.45, 2.75) is 110 Å². The van der Waals surface area contributed by atoms with Crippen molar-refractivity contribution in [3.05, 3.63) is 119 Å². The number of carboxylic acid groups (broad SMARTS) is 1. The van der Waals surface area contributed by atoms with Crippen LogP contribution in [0.4, 0.5) is 11.4 Å². The zero-order valence-electron chi connectivity index (χ0n) is 42.1. The van der Waals surface area contributed by atoms with E-state index in [4.69, 9.17) is 19.4 Å². The Morgan fingerprint density at radius 1 is 0.621 bits per heavy atom. The first-order valence-corrected chi connectivity index (χ1v) is 20.7. The SMILES string of the molecule is C.CC.CC(=O)O.CCC1C(C)CC(C)C1C.CNC(C)=O.CNC(C)=O.COC=O.Cc1ccc(N=Nc2ccc(C)cc2)cc1.Cc1ccc(Oc2ccc(C)cc2)cc1.[Y].[Y].[Y].[Y]. The molecule has 1 fully saturated rings. The molecular weight excluding hydrogens is 1140 g/mol. The number of rotatable bonds is 6. The van der Waals surface area contributed by atoms with Crippen LogP contribution in [0.25, 0.3) is 0 Å². The molecule has 15 heteroatoms. The Bertz CT molecular complexity index is 1660. The van der Waals surface area contributed by atoms with Crippen LogP contribution in [0, 0.1) is 51.4 Å². The fourth-order valence-corrected chi connectivity index (χ4v) is 5.38. The maximum absolute atomic E-state index is 9.70. The second kappa shape index (κ2) is 52.9. The van der Waals surface area contributed by atoms with Crippen molar-refractivity contribution >= 4 is 35.6 Å². The molecule has 0 bridgehead atoms. The van der Waals surface area contributed by atoms with Crippen molar-refractivity contribution < 1.29 is 165 Å². The minimum Gasteiger partial charge on any atom is -0.481 e. The van der Waals surface area contributed by atoms with Gasteiger partial charge in [-0.25, -0.2) is 0 Å². The molecule has 1 aliphatic carbocycles. The van der Waals surface area contributed by atoms with Gasteiger partial charge in [-0.1, -0.05) is 126 Å². The number of azo groups is 1. The van der Waals surface area contributed by atoms with Gasteiger partial charge in [0.2, 0.25) is 11.8 Å². The van der Waals surface area contributed by atoms with Crippen molar-refractivity contribution in [1.29, 1.82) is 0 Å². The molecule has 1 saturated carbocycles. The number of aliphatic carboxylic acids is 1. The molecule has 358 valence electrons. The average Bonchev–Trinajstić information content (AvgIpc) is 3.50. The summed E-state index contributed by atoms with van der Waals surface area (Å²) in [5, 5.41) is 20.5. The number of aryl methyl sites for hydroxylation is 4. The molecule has 66 heavy (non-hydrogen) atoms. The number of nitrogens with zero attached hydrogens (tertiary/aromatic N) is 2. The Labute approximate surface area is 500 Å². The van der Waals surface area contributed by atoms with Gasteiger partial charge in [0.05, 0.1) is 18.5 Å². The van der Waals surface area contributed by atoms with Gasteiger partial charge in [-0.2, -0.15) is 10.2 Å². The zero-order valence-corrected chi connectivity index (χ0v) is 53.5. The Hall–Kier alpha value is -1.42. The molecule has 0 saturated heterocycles. The molecule has 2 amide bonds. The topological polar surface area (TPSA) is 156 Å². The van der Waals surface area contributed by atoms with E-state index in [-0.39, 0.29) is 150 Å². The third kappa shape index (κ3) is 47.6. The number of benzene rings is 4. The first-order chi connectivity index (χ1) is 28.8. The van der Waals surface area contributed by atoms with Gasteiger partial charge in [0.15, 0.2) is 0 Å². The maximum atomic E-state index is 9.70. The third-order valence-electron chi connectivity index (χ3n) is 8.95. The van der Waals surface area contributed by atoms with Gasteiger partial charge in [0.1, 0.15) is 11.5 Å². The van der Waals surface area contributed by atoms with E-state index < -0.39 is 5.97 Å². The molecule has 0 spiro atoms. The van der Waals surface area contributed by atoms with Crippen LogP contribution in [0.1, 0.15) is 105 Å². The van der Waals surface area contributed by atoms with Gasteiger partial charge in [0.25, 0.3) is 12.4 Å². The zero-order chi connectivity index (χ0) is 47.3. The molecule has 5 rings (SSSR count). The summed E-state index contributed by atoms with van der Waals surface area (Å²) in [6.07, 6.45) is 2.84. The molecule has 4 aromatic carbocycles. The Morgan fingerprint density at radius 3 is 1.03 bits per heavy atom. The van der Waals surface area contributed by atoms with Crippen molar-refractivity contribution in [3.63, 3.8) is 0 Å². The molecular formula is C51H80N4O7Y4. The van der Waals surface area contributed by atoms with Crippen LogP contribution in [-0.2, 0) is 155 Å². The van der Waals surface area contributed by atoms with Crippen molar-refractivity contribution in [2.75, 3.05) is 21.2 Å². The van der Waals surface area contributed by atoms with Crippen LogP contribution in [0.15, 0.2) is 107 Å². The first kappa shape index (κ1) is 81.5. The summed E-state index contributed by atoms with van der Waals surface area (Å²) >= 11 is 0. The standard InChI is InChI=1S/C14H14N2.C14H14O.C10H20.2C3H7NO.2C2H4O2.C2H6.CH4.4Y/c1-11-3-7-13(8-4-11)15-16-14-9-5-12(2)6-10-14;1-11-3-7-13(8-4-11)15-14-9-5-12(2)6-10-14;1-5-10-8(3)6-7(2)9(10)4;2*1-3(5)4-2;1-4-2-3;1-2(3)4;1-2;;;;;/h3-10H,1-2H3;3-10H,1-2H3;7-10H,5-6H2,1-4H3;2*1-2H3,(H,4,5);2H,1H3;1H3,(H,3,4);1-2H3;1H4;;;;. The first-order valence-electron chi connectivity index (χ1n) is 20.7. The van der Waals surface area contributed by atoms with Crippen LogP contribution in [0.2, 0.25) is 0 Å². The minimum atomic E-state index is -0.833. The molecule has 0 heterocycles. The molecule has 4 unspecified atom stereocenters. The monoisotopic (exact) mass is 1220 g/mol. The van der Waals surface area contributed by atoms with Crippen LogP contribution in [0.5, 0.6) is 11.5 Å². The van der Waals surface area contributed by atoms with E-state index in [1.54, 1.807) is 14.1 Å². The number of hydrogen-bond acceptors (Lipinski definition) is 8. The van der Waals surface area contributed by atoms with E-state index in [2.05, 4.69) is 81.0 Å². The van der Waals surface area contributed by atoms with Crippen LogP contribution in [0.3, 0.4) is 0 Å². The fraction of sp³-hybridized carbons (Fsp3) is 0.451. The second-order valence-corrected chi connectivity index (χ2v) is 14.2. The summed E-state index contributed by atoms with van der Waals surface area (Å²) in [7, 11) is 4.51. The Morgan fingerprint density at radius 2 is 0.864 bits per heavy atom. The predicted octanol–water partition coefficient (Wildman–Crippen LogP) is 13.2. The maximum Gasteiger partial charge on any atom is 0.300 e. The van der Waals surface area contributed by atoms with Crippen LogP contribution >= 0.6 is 0 Å². The number of ether oxygens (including phenoxy) is 2. The number of carbonyl (C=O) groups is 4. The molecule has 11 nitrogen and oxygen atoms in total. The van der Waals surface area contributed by atoms with Crippen LogP contribution in [-0.4, -0.2) is 50.6 Å². The van der Waals surface area contributed by atoms with Gasteiger partial charge in [0, 0.05) is 166 Å². The fourth-order valence-electron chi connectivity index (χ4n) is 5.38. The Kier molecular flexibility index (Phi) is 65.4. The number of hydrogen-bond donors (Lipinski definition) is 3. The van der Waals surface area contributed by atoms with E-state index in [1.807, 2.05) is 111 Å². The molecule has 3 N–H and O–H groups in total. The van der Waals surface area contributed by atoms with Crippen molar-refractivity contribution in [3.8, 4) is 11.5 Å². The molecule has 0 aliphatic heterocycles.